The monoisotopic (exact) mass is 361 g/mol. The first-order chi connectivity index (χ1) is 12.7. The molecule has 3 rings (SSSR count). The summed E-state index contributed by atoms with van der Waals surface area (Å²) in [6, 6.07) is 5.88. The Hall–Kier alpha value is -2.44. The highest BCUT2D eigenvalue weighted by Gasteiger charge is 2.28. The molecule has 1 fully saturated rings. The van der Waals surface area contributed by atoms with Crippen molar-refractivity contribution in [1.29, 1.82) is 0 Å². The molecule has 1 aromatic carbocycles. The molecule has 1 aromatic rings. The summed E-state index contributed by atoms with van der Waals surface area (Å²) in [5.74, 6) is 2.18. The number of nitrogens with zero attached hydrogens (tertiary/aromatic N) is 2. The highest BCUT2D eigenvalue weighted by molar-refractivity contribution is 5.81. The number of rotatable bonds is 5. The molecule has 0 saturated carbocycles. The predicted molar refractivity (Wildman–Crippen MR) is 98.3 cm³/mol. The van der Waals surface area contributed by atoms with Gasteiger partial charge in [-0.25, -0.2) is 4.99 Å². The summed E-state index contributed by atoms with van der Waals surface area (Å²) in [5.41, 5.74) is 1.06. The zero-order valence-corrected chi connectivity index (χ0v) is 15.5. The molecular weight excluding hydrogens is 334 g/mol. The first kappa shape index (κ1) is 18.4. The molecule has 7 nitrogen and oxygen atoms in total. The van der Waals surface area contributed by atoms with E-state index in [0.29, 0.717) is 19.7 Å². The number of carbonyl (C=O) groups excluding carboxylic acids is 1. The van der Waals surface area contributed by atoms with E-state index in [1.807, 2.05) is 32.0 Å². The number of benzene rings is 1. The van der Waals surface area contributed by atoms with Crippen LogP contribution in [0.4, 0.5) is 0 Å². The molecule has 1 unspecified atom stereocenters. The van der Waals surface area contributed by atoms with E-state index >= 15 is 0 Å². The number of hydrogen-bond acceptors (Lipinski definition) is 5. The molecule has 1 atom stereocenters. The van der Waals surface area contributed by atoms with Gasteiger partial charge in [0.15, 0.2) is 17.5 Å². The first-order valence-corrected chi connectivity index (χ1v) is 9.29. The molecule has 0 radical (unpaired) electrons. The van der Waals surface area contributed by atoms with Gasteiger partial charge in [-0.1, -0.05) is 6.07 Å². The van der Waals surface area contributed by atoms with Gasteiger partial charge in [0.25, 0.3) is 0 Å². The molecule has 142 valence electrons. The number of esters is 1. The number of aliphatic imine (C=N–C) groups is 1. The molecule has 1 N–H and O–H groups in total. The van der Waals surface area contributed by atoms with Gasteiger partial charge in [-0.2, -0.15) is 0 Å². The number of likely N-dealkylation sites (tertiary alicyclic amines) is 1. The summed E-state index contributed by atoms with van der Waals surface area (Å²) in [4.78, 5) is 19.0. The second-order valence-electron chi connectivity index (χ2n) is 6.39. The number of carbonyl (C=O) groups is 1. The van der Waals surface area contributed by atoms with E-state index in [4.69, 9.17) is 19.2 Å². The summed E-state index contributed by atoms with van der Waals surface area (Å²) < 4.78 is 16.0. The van der Waals surface area contributed by atoms with Crippen LogP contribution in [0.25, 0.3) is 0 Å². The number of fused-ring (bicyclic) bond motifs is 1. The third-order valence-corrected chi connectivity index (χ3v) is 4.52. The molecule has 2 heterocycles. The third-order valence-electron chi connectivity index (χ3n) is 4.52. The van der Waals surface area contributed by atoms with E-state index < -0.39 is 0 Å². The number of hydrogen-bond donors (Lipinski definition) is 1. The Kier molecular flexibility index (Phi) is 6.20. The van der Waals surface area contributed by atoms with E-state index in [2.05, 4.69) is 10.2 Å². The van der Waals surface area contributed by atoms with E-state index in [1.54, 1.807) is 0 Å². The van der Waals surface area contributed by atoms with Crippen LogP contribution in [0.5, 0.6) is 11.5 Å². The Bertz CT molecular complexity index is 662. The maximum absolute atomic E-state index is 12.1. The molecular formula is C19H27N3O4. The lowest BCUT2D eigenvalue weighted by Gasteiger charge is -2.34. The highest BCUT2D eigenvalue weighted by Crippen LogP contribution is 2.32. The average Bonchev–Trinajstić information content (AvgIpc) is 3.13. The Morgan fingerprint density at radius 2 is 2.19 bits per heavy atom. The largest absolute Gasteiger partial charge is 0.466 e. The lowest BCUT2D eigenvalue weighted by molar-refractivity contribution is -0.149. The molecule has 0 bridgehead atoms. The Balaban J connectivity index is 1.67. The van der Waals surface area contributed by atoms with Crippen molar-refractivity contribution < 1.29 is 19.0 Å². The van der Waals surface area contributed by atoms with Gasteiger partial charge in [0.05, 0.1) is 19.1 Å². The van der Waals surface area contributed by atoms with Crippen LogP contribution in [0, 0.1) is 5.92 Å². The average molecular weight is 361 g/mol. The van der Waals surface area contributed by atoms with Gasteiger partial charge in [0, 0.05) is 19.6 Å². The molecule has 0 spiro atoms. The van der Waals surface area contributed by atoms with Crippen LogP contribution in [-0.4, -0.2) is 49.9 Å². The van der Waals surface area contributed by atoms with Gasteiger partial charge in [-0.05, 0) is 44.4 Å². The molecule has 2 aliphatic rings. The zero-order valence-electron chi connectivity index (χ0n) is 15.5. The number of nitrogens with one attached hydrogen (secondary N) is 1. The Labute approximate surface area is 154 Å². The van der Waals surface area contributed by atoms with Crippen LogP contribution in [0.3, 0.4) is 0 Å². The van der Waals surface area contributed by atoms with Gasteiger partial charge >= 0.3 is 5.97 Å². The maximum atomic E-state index is 12.1. The van der Waals surface area contributed by atoms with E-state index in [-0.39, 0.29) is 18.7 Å². The summed E-state index contributed by atoms with van der Waals surface area (Å²) in [6.45, 7) is 7.44. The van der Waals surface area contributed by atoms with Crippen molar-refractivity contribution in [3.05, 3.63) is 23.8 Å². The smallest absolute Gasteiger partial charge is 0.310 e. The lowest BCUT2D eigenvalue weighted by Crippen LogP contribution is -2.48. The van der Waals surface area contributed by atoms with Crippen molar-refractivity contribution in [1.82, 2.24) is 10.2 Å². The predicted octanol–water partition coefficient (Wildman–Crippen LogP) is 2.16. The standard InChI is InChI=1S/C19H27N3O4/c1-3-20-19(22-9-5-6-15(12-22)18(23)24-4-2)21-11-14-7-8-16-17(10-14)26-13-25-16/h7-8,10,15H,3-6,9,11-13H2,1-2H3,(H,20,21). The highest BCUT2D eigenvalue weighted by atomic mass is 16.7. The van der Waals surface area contributed by atoms with Gasteiger partial charge in [0.1, 0.15) is 0 Å². The van der Waals surface area contributed by atoms with Crippen molar-refractivity contribution in [2.75, 3.05) is 33.0 Å². The fourth-order valence-electron chi connectivity index (χ4n) is 3.25. The fourth-order valence-corrected chi connectivity index (χ4v) is 3.25. The molecule has 0 aliphatic carbocycles. The summed E-state index contributed by atoms with van der Waals surface area (Å²) in [5, 5.41) is 3.33. The Morgan fingerprint density at radius 3 is 3.00 bits per heavy atom. The van der Waals surface area contributed by atoms with Crippen LogP contribution in [0.2, 0.25) is 0 Å². The van der Waals surface area contributed by atoms with Crippen LogP contribution in [-0.2, 0) is 16.1 Å². The van der Waals surface area contributed by atoms with Crippen molar-refractivity contribution in [3.8, 4) is 11.5 Å². The van der Waals surface area contributed by atoms with E-state index in [0.717, 1.165) is 49.0 Å². The summed E-state index contributed by atoms with van der Waals surface area (Å²) in [6.07, 6.45) is 1.83. The van der Waals surface area contributed by atoms with Crippen LogP contribution in [0.1, 0.15) is 32.3 Å². The SMILES string of the molecule is CCNC(=NCc1ccc2c(c1)OCO2)N1CCCC(C(=O)OCC)C1. The summed E-state index contributed by atoms with van der Waals surface area (Å²) in [7, 11) is 0. The van der Waals surface area contributed by atoms with Gasteiger partial charge in [-0.15, -0.1) is 0 Å². The maximum Gasteiger partial charge on any atom is 0.310 e. The van der Waals surface area contributed by atoms with Crippen molar-refractivity contribution in [3.63, 3.8) is 0 Å². The number of ether oxygens (including phenoxy) is 3. The molecule has 0 amide bonds. The van der Waals surface area contributed by atoms with Crippen LogP contribution >= 0.6 is 0 Å². The normalized spacial score (nSPS) is 19.4. The minimum Gasteiger partial charge on any atom is -0.466 e. The second kappa shape index (κ2) is 8.78. The zero-order chi connectivity index (χ0) is 18.4. The minimum atomic E-state index is -0.108. The topological polar surface area (TPSA) is 72.4 Å². The summed E-state index contributed by atoms with van der Waals surface area (Å²) >= 11 is 0. The molecule has 7 heteroatoms. The first-order valence-electron chi connectivity index (χ1n) is 9.29. The van der Waals surface area contributed by atoms with Crippen LogP contribution < -0.4 is 14.8 Å². The third kappa shape index (κ3) is 4.39. The van der Waals surface area contributed by atoms with Gasteiger partial charge in [-0.3, -0.25) is 4.79 Å². The second-order valence-corrected chi connectivity index (χ2v) is 6.39. The quantitative estimate of drug-likeness (QED) is 0.492. The van der Waals surface area contributed by atoms with E-state index in [9.17, 15) is 4.79 Å². The van der Waals surface area contributed by atoms with Crippen molar-refractivity contribution in [2.24, 2.45) is 10.9 Å². The molecule has 0 aromatic heterocycles. The van der Waals surface area contributed by atoms with Gasteiger partial charge < -0.3 is 24.4 Å². The minimum absolute atomic E-state index is 0.0851. The molecule has 2 aliphatic heterocycles. The van der Waals surface area contributed by atoms with Crippen molar-refractivity contribution in [2.45, 2.75) is 33.2 Å². The fraction of sp³-hybridized carbons (Fsp3) is 0.579. The number of piperidine rings is 1. The van der Waals surface area contributed by atoms with E-state index in [1.165, 1.54) is 0 Å². The number of guanidine groups is 1. The molecule has 1 saturated heterocycles. The van der Waals surface area contributed by atoms with Gasteiger partial charge in [0.2, 0.25) is 6.79 Å². The Morgan fingerprint density at radius 1 is 1.35 bits per heavy atom. The van der Waals surface area contributed by atoms with Crippen LogP contribution in [0.15, 0.2) is 23.2 Å². The van der Waals surface area contributed by atoms with Crippen molar-refractivity contribution >= 4 is 11.9 Å². The lowest BCUT2D eigenvalue weighted by atomic mass is 9.98. The molecule has 26 heavy (non-hydrogen) atoms.